The van der Waals surface area contributed by atoms with Gasteiger partial charge in [0.1, 0.15) is 5.82 Å². The zero-order chi connectivity index (χ0) is 16.8. The molecule has 3 heterocycles. The van der Waals surface area contributed by atoms with Gasteiger partial charge in [-0.3, -0.25) is 0 Å². The summed E-state index contributed by atoms with van der Waals surface area (Å²) in [4.78, 5) is 6.85. The summed E-state index contributed by atoms with van der Waals surface area (Å²) >= 11 is 0. The van der Waals surface area contributed by atoms with Crippen LogP contribution >= 0.6 is 0 Å². The van der Waals surface area contributed by atoms with E-state index in [1.807, 2.05) is 6.20 Å². The van der Waals surface area contributed by atoms with Crippen LogP contribution in [0.4, 0.5) is 5.82 Å². The van der Waals surface area contributed by atoms with E-state index in [0.717, 1.165) is 36.4 Å². The number of anilines is 1. The second-order valence-electron chi connectivity index (χ2n) is 7.77. The van der Waals surface area contributed by atoms with E-state index in [1.165, 1.54) is 0 Å². The Labute approximate surface area is 139 Å². The molecule has 1 atom stereocenters. The minimum Gasteiger partial charge on any atom is -0.399 e. The number of aryl methyl sites for hydroxylation is 1. The lowest BCUT2D eigenvalue weighted by molar-refractivity contribution is 0.00578. The molecule has 0 bridgehead atoms. The van der Waals surface area contributed by atoms with Crippen molar-refractivity contribution in [2.75, 3.05) is 24.6 Å². The van der Waals surface area contributed by atoms with Gasteiger partial charge in [-0.1, -0.05) is 0 Å². The first-order chi connectivity index (χ1) is 10.7. The van der Waals surface area contributed by atoms with Gasteiger partial charge in [0.15, 0.2) is 0 Å². The Kier molecular flexibility index (Phi) is 4.19. The molecule has 0 amide bonds. The van der Waals surface area contributed by atoms with E-state index >= 15 is 0 Å². The quantitative estimate of drug-likeness (QED) is 0.856. The number of aromatic nitrogens is 1. The van der Waals surface area contributed by atoms with Gasteiger partial charge >= 0.3 is 7.12 Å². The Morgan fingerprint density at radius 2 is 1.96 bits per heavy atom. The number of aliphatic hydroxyl groups excluding tert-OH is 1. The van der Waals surface area contributed by atoms with Crippen molar-refractivity contribution < 1.29 is 14.4 Å². The predicted molar refractivity (Wildman–Crippen MR) is 92.1 cm³/mol. The molecule has 6 heteroatoms. The molecule has 1 aromatic rings. The number of hydrogen-bond donors (Lipinski definition) is 1. The molecule has 0 unspecified atom stereocenters. The molecule has 23 heavy (non-hydrogen) atoms. The molecule has 0 aromatic carbocycles. The smallest absolute Gasteiger partial charge is 0.399 e. The second kappa shape index (κ2) is 5.76. The highest BCUT2D eigenvalue weighted by Gasteiger charge is 2.52. The molecule has 2 aliphatic heterocycles. The van der Waals surface area contributed by atoms with E-state index in [0.29, 0.717) is 5.92 Å². The van der Waals surface area contributed by atoms with E-state index in [2.05, 4.69) is 50.6 Å². The Morgan fingerprint density at radius 3 is 2.48 bits per heavy atom. The largest absolute Gasteiger partial charge is 0.496 e. The van der Waals surface area contributed by atoms with Crippen molar-refractivity contribution >= 4 is 18.4 Å². The molecule has 126 valence electrons. The molecule has 0 spiro atoms. The van der Waals surface area contributed by atoms with Crippen LogP contribution in [-0.4, -0.2) is 48.1 Å². The first-order valence-electron chi connectivity index (χ1n) is 8.41. The van der Waals surface area contributed by atoms with E-state index < -0.39 is 0 Å². The Hall–Kier alpha value is -1.11. The zero-order valence-electron chi connectivity index (χ0n) is 14.8. The fourth-order valence-corrected chi connectivity index (χ4v) is 3.13. The molecule has 2 saturated heterocycles. The van der Waals surface area contributed by atoms with Crippen molar-refractivity contribution in [3.8, 4) is 0 Å². The summed E-state index contributed by atoms with van der Waals surface area (Å²) in [5.41, 5.74) is 1.43. The summed E-state index contributed by atoms with van der Waals surface area (Å²) in [6, 6.07) is 2.10. The standard InChI is InChI=1S/C17H27BN2O3/c1-12-8-15(20-7-6-13(10-20)11-21)19-9-14(12)18-22-16(2,3)17(4,5)23-18/h8-9,13,21H,6-7,10-11H2,1-5H3/t13-/m1/s1. The van der Waals surface area contributed by atoms with E-state index in [-0.39, 0.29) is 24.9 Å². The first kappa shape index (κ1) is 16.7. The average Bonchev–Trinajstić information content (AvgIpc) is 3.01. The second-order valence-corrected chi connectivity index (χ2v) is 7.77. The third-order valence-electron chi connectivity index (χ3n) is 5.51. The van der Waals surface area contributed by atoms with Gasteiger partial charge in [-0.2, -0.15) is 0 Å². The van der Waals surface area contributed by atoms with Gasteiger partial charge in [0.05, 0.1) is 11.2 Å². The van der Waals surface area contributed by atoms with Crippen molar-refractivity contribution in [2.24, 2.45) is 5.92 Å². The van der Waals surface area contributed by atoms with Crippen LogP contribution in [0, 0.1) is 12.8 Å². The van der Waals surface area contributed by atoms with Crippen molar-refractivity contribution in [3.05, 3.63) is 17.8 Å². The predicted octanol–water partition coefficient (Wildman–Crippen LogP) is 1.51. The molecule has 1 aromatic heterocycles. The van der Waals surface area contributed by atoms with Crippen molar-refractivity contribution in [3.63, 3.8) is 0 Å². The summed E-state index contributed by atoms with van der Waals surface area (Å²) in [7, 11) is -0.370. The van der Waals surface area contributed by atoms with E-state index in [4.69, 9.17) is 9.31 Å². The highest BCUT2D eigenvalue weighted by atomic mass is 16.7. The van der Waals surface area contributed by atoms with Crippen LogP contribution in [0.2, 0.25) is 0 Å². The van der Waals surface area contributed by atoms with Crippen LogP contribution in [0.15, 0.2) is 12.3 Å². The third-order valence-corrected chi connectivity index (χ3v) is 5.51. The monoisotopic (exact) mass is 318 g/mol. The van der Waals surface area contributed by atoms with Gasteiger partial charge in [0.2, 0.25) is 0 Å². The summed E-state index contributed by atoms with van der Waals surface area (Å²) in [6.45, 7) is 12.4. The van der Waals surface area contributed by atoms with Crippen LogP contribution in [-0.2, 0) is 9.31 Å². The lowest BCUT2D eigenvalue weighted by atomic mass is 9.77. The van der Waals surface area contributed by atoms with E-state index in [1.54, 1.807) is 0 Å². The first-order valence-corrected chi connectivity index (χ1v) is 8.41. The van der Waals surface area contributed by atoms with Gasteiger partial charge in [-0.05, 0) is 52.7 Å². The summed E-state index contributed by atoms with van der Waals surface area (Å²) in [5.74, 6) is 1.33. The van der Waals surface area contributed by atoms with Crippen LogP contribution in [0.5, 0.6) is 0 Å². The molecule has 3 rings (SSSR count). The number of pyridine rings is 1. The molecule has 0 radical (unpaired) electrons. The summed E-state index contributed by atoms with van der Waals surface area (Å²) in [6.07, 6.45) is 2.90. The maximum absolute atomic E-state index is 9.29. The molecule has 5 nitrogen and oxygen atoms in total. The van der Waals surface area contributed by atoms with Crippen LogP contribution in [0.25, 0.3) is 0 Å². The summed E-state index contributed by atoms with van der Waals surface area (Å²) in [5, 5.41) is 9.29. The Bertz CT molecular complexity index is 575. The Balaban J connectivity index is 1.79. The summed E-state index contributed by atoms with van der Waals surface area (Å²) < 4.78 is 12.2. The van der Waals surface area contributed by atoms with Gasteiger partial charge in [0, 0.05) is 37.3 Å². The minimum atomic E-state index is -0.370. The minimum absolute atomic E-state index is 0.251. The van der Waals surface area contributed by atoms with Gasteiger partial charge in [-0.25, -0.2) is 4.98 Å². The topological polar surface area (TPSA) is 54.8 Å². The SMILES string of the molecule is Cc1cc(N2CC[C@@H](CO)C2)ncc1B1OC(C)(C)C(C)(C)O1. The molecule has 0 aliphatic carbocycles. The fourth-order valence-electron chi connectivity index (χ4n) is 3.13. The highest BCUT2D eigenvalue weighted by molar-refractivity contribution is 6.62. The average molecular weight is 318 g/mol. The fraction of sp³-hybridized carbons (Fsp3) is 0.706. The number of hydrogen-bond acceptors (Lipinski definition) is 5. The zero-order valence-corrected chi connectivity index (χ0v) is 14.8. The molecular formula is C17H27BN2O3. The Morgan fingerprint density at radius 1 is 1.30 bits per heavy atom. The van der Waals surface area contributed by atoms with Crippen LogP contribution in [0.1, 0.15) is 39.7 Å². The lowest BCUT2D eigenvalue weighted by Crippen LogP contribution is -2.41. The van der Waals surface area contributed by atoms with Crippen LogP contribution < -0.4 is 10.4 Å². The van der Waals surface area contributed by atoms with Crippen molar-refractivity contribution in [2.45, 2.75) is 52.2 Å². The molecule has 0 saturated carbocycles. The van der Waals surface area contributed by atoms with Crippen LogP contribution in [0.3, 0.4) is 0 Å². The normalized spacial score (nSPS) is 26.1. The lowest BCUT2D eigenvalue weighted by Gasteiger charge is -2.32. The number of rotatable bonds is 3. The van der Waals surface area contributed by atoms with Gasteiger partial charge in [-0.15, -0.1) is 0 Å². The molecule has 2 aliphatic rings. The molecule has 2 fully saturated rings. The highest BCUT2D eigenvalue weighted by Crippen LogP contribution is 2.36. The van der Waals surface area contributed by atoms with Gasteiger partial charge in [0.25, 0.3) is 0 Å². The molecule has 1 N–H and O–H groups in total. The van der Waals surface area contributed by atoms with Crippen molar-refractivity contribution in [1.29, 1.82) is 0 Å². The van der Waals surface area contributed by atoms with E-state index in [9.17, 15) is 5.11 Å². The number of aliphatic hydroxyl groups is 1. The maximum Gasteiger partial charge on any atom is 0.496 e. The maximum atomic E-state index is 9.29. The van der Waals surface area contributed by atoms with Crippen molar-refractivity contribution in [1.82, 2.24) is 4.98 Å². The third kappa shape index (κ3) is 3.00. The van der Waals surface area contributed by atoms with Gasteiger partial charge < -0.3 is 19.3 Å². The number of nitrogens with zero attached hydrogens (tertiary/aromatic N) is 2. The molecular weight excluding hydrogens is 291 g/mol.